The average Bonchev–Trinajstić information content (AvgIpc) is 2.57. The summed E-state index contributed by atoms with van der Waals surface area (Å²) in [6.45, 7) is -0.0123. The van der Waals surface area contributed by atoms with Gasteiger partial charge in [-0.05, 0) is 36.2 Å². The highest BCUT2D eigenvalue weighted by Crippen LogP contribution is 2.36. The van der Waals surface area contributed by atoms with Crippen LogP contribution in [0.15, 0.2) is 42.5 Å². The molecule has 2 N–H and O–H groups in total. The van der Waals surface area contributed by atoms with Crippen LogP contribution in [-0.2, 0) is 22.2 Å². The van der Waals surface area contributed by atoms with E-state index in [1.807, 2.05) is 0 Å². The van der Waals surface area contributed by atoms with E-state index in [9.17, 15) is 27.2 Å². The number of benzene rings is 2. The van der Waals surface area contributed by atoms with Gasteiger partial charge in [0.1, 0.15) is 5.82 Å². The largest absolute Gasteiger partial charge is 0.417 e. The van der Waals surface area contributed by atoms with Crippen molar-refractivity contribution in [3.05, 3.63) is 64.4 Å². The number of alkyl halides is 3. The third-order valence-electron chi connectivity index (χ3n) is 3.37. The number of hydrogen-bond donors (Lipinski definition) is 2. The fraction of sp³-hybridized carbons (Fsp3) is 0.176. The van der Waals surface area contributed by atoms with Crippen LogP contribution in [0.1, 0.15) is 11.1 Å². The minimum absolute atomic E-state index is 0.0123. The number of anilines is 1. The maximum Gasteiger partial charge on any atom is 0.417 e. The van der Waals surface area contributed by atoms with E-state index in [0.29, 0.717) is 11.6 Å². The minimum atomic E-state index is -4.69. The third-order valence-corrected chi connectivity index (χ3v) is 3.70. The first-order valence-electron chi connectivity index (χ1n) is 7.38. The van der Waals surface area contributed by atoms with E-state index < -0.39 is 34.4 Å². The van der Waals surface area contributed by atoms with Crippen molar-refractivity contribution in [2.45, 2.75) is 12.6 Å². The molecule has 2 rings (SSSR count). The van der Waals surface area contributed by atoms with Gasteiger partial charge < -0.3 is 10.6 Å². The third kappa shape index (κ3) is 5.19. The molecule has 4 nitrogen and oxygen atoms in total. The molecule has 0 fully saturated rings. The zero-order valence-corrected chi connectivity index (χ0v) is 13.9. The van der Waals surface area contributed by atoms with Crippen LogP contribution >= 0.6 is 11.6 Å². The van der Waals surface area contributed by atoms with Crippen molar-refractivity contribution in [3.63, 3.8) is 0 Å². The van der Waals surface area contributed by atoms with Gasteiger partial charge in [-0.25, -0.2) is 4.39 Å². The van der Waals surface area contributed by atoms with Crippen molar-refractivity contribution in [2.75, 3.05) is 11.9 Å². The van der Waals surface area contributed by atoms with E-state index >= 15 is 0 Å². The number of rotatable bonds is 4. The molecule has 0 spiro atoms. The molecule has 26 heavy (non-hydrogen) atoms. The van der Waals surface area contributed by atoms with Crippen molar-refractivity contribution >= 4 is 29.1 Å². The van der Waals surface area contributed by atoms with Crippen LogP contribution in [0, 0.1) is 5.82 Å². The summed E-state index contributed by atoms with van der Waals surface area (Å²) in [4.78, 5) is 23.5. The number of amides is 2. The fourth-order valence-corrected chi connectivity index (χ4v) is 2.32. The van der Waals surface area contributed by atoms with Gasteiger partial charge in [0, 0.05) is 12.2 Å². The first-order valence-corrected chi connectivity index (χ1v) is 7.75. The second kappa shape index (κ2) is 8.18. The molecular weight excluding hydrogens is 376 g/mol. The average molecular weight is 389 g/mol. The molecule has 0 atom stereocenters. The van der Waals surface area contributed by atoms with E-state index in [1.165, 1.54) is 18.2 Å². The van der Waals surface area contributed by atoms with Gasteiger partial charge in [-0.1, -0.05) is 29.8 Å². The second-order valence-corrected chi connectivity index (χ2v) is 5.65. The number of carbonyl (C=O) groups is 2. The monoisotopic (exact) mass is 388 g/mol. The predicted molar refractivity (Wildman–Crippen MR) is 88.2 cm³/mol. The van der Waals surface area contributed by atoms with Crippen LogP contribution in [0.2, 0.25) is 5.02 Å². The molecule has 2 aromatic rings. The molecule has 0 aromatic heterocycles. The van der Waals surface area contributed by atoms with Crippen molar-refractivity contribution in [1.82, 2.24) is 5.32 Å². The van der Waals surface area contributed by atoms with Gasteiger partial charge in [0.2, 0.25) is 0 Å². The predicted octanol–water partition coefficient (Wildman–Crippen LogP) is 3.80. The molecule has 0 radical (unpaired) electrons. The SMILES string of the molecule is O=C(NCCc1ccccc1F)C(=O)Nc1ccc(Cl)c(C(F)(F)F)c1. The molecule has 0 saturated heterocycles. The van der Waals surface area contributed by atoms with Crippen LogP contribution in [0.25, 0.3) is 0 Å². The first kappa shape index (κ1) is 19.7. The summed E-state index contributed by atoms with van der Waals surface area (Å²) in [5, 5.41) is 3.80. The Balaban J connectivity index is 1.93. The quantitative estimate of drug-likeness (QED) is 0.618. The van der Waals surface area contributed by atoms with Crippen LogP contribution in [0.3, 0.4) is 0 Å². The highest BCUT2D eigenvalue weighted by molar-refractivity contribution is 6.39. The molecule has 0 aliphatic rings. The van der Waals surface area contributed by atoms with Crippen molar-refractivity contribution in [1.29, 1.82) is 0 Å². The molecule has 138 valence electrons. The number of hydrogen-bond acceptors (Lipinski definition) is 2. The van der Waals surface area contributed by atoms with Crippen molar-refractivity contribution in [3.8, 4) is 0 Å². The molecule has 0 bridgehead atoms. The highest BCUT2D eigenvalue weighted by atomic mass is 35.5. The Morgan fingerprint density at radius 2 is 1.73 bits per heavy atom. The minimum Gasteiger partial charge on any atom is -0.347 e. The molecule has 2 aromatic carbocycles. The van der Waals surface area contributed by atoms with Gasteiger partial charge in [0.15, 0.2) is 0 Å². The maximum atomic E-state index is 13.4. The Morgan fingerprint density at radius 3 is 2.38 bits per heavy atom. The van der Waals surface area contributed by atoms with Crippen LogP contribution < -0.4 is 10.6 Å². The zero-order valence-electron chi connectivity index (χ0n) is 13.2. The fourth-order valence-electron chi connectivity index (χ4n) is 2.10. The van der Waals surface area contributed by atoms with E-state index in [1.54, 1.807) is 6.07 Å². The number of carbonyl (C=O) groups excluding carboxylic acids is 2. The van der Waals surface area contributed by atoms with Crippen LogP contribution in [-0.4, -0.2) is 18.4 Å². The first-order chi connectivity index (χ1) is 12.2. The smallest absolute Gasteiger partial charge is 0.347 e. The lowest BCUT2D eigenvalue weighted by Gasteiger charge is -2.12. The van der Waals surface area contributed by atoms with Crippen LogP contribution in [0.5, 0.6) is 0 Å². The molecule has 0 heterocycles. The summed E-state index contributed by atoms with van der Waals surface area (Å²) in [5.74, 6) is -2.63. The van der Waals surface area contributed by atoms with Gasteiger partial charge >= 0.3 is 18.0 Å². The lowest BCUT2D eigenvalue weighted by Crippen LogP contribution is -2.36. The molecule has 0 aliphatic carbocycles. The summed E-state index contributed by atoms with van der Waals surface area (Å²) in [6.07, 6.45) is -4.54. The molecule has 0 unspecified atom stereocenters. The molecule has 0 saturated carbocycles. The molecule has 2 amide bonds. The normalized spacial score (nSPS) is 11.1. The Morgan fingerprint density at radius 1 is 1.04 bits per heavy atom. The van der Waals surface area contributed by atoms with Crippen molar-refractivity contribution in [2.24, 2.45) is 0 Å². The molecule has 9 heteroatoms. The summed E-state index contributed by atoms with van der Waals surface area (Å²) in [6, 6.07) is 8.69. The number of halogens is 5. The lowest BCUT2D eigenvalue weighted by atomic mass is 10.1. The Hall–Kier alpha value is -2.61. The van der Waals surface area contributed by atoms with Crippen LogP contribution in [0.4, 0.5) is 23.2 Å². The summed E-state index contributed by atoms with van der Waals surface area (Å²) in [5.41, 5.74) is -0.992. The maximum absolute atomic E-state index is 13.4. The van der Waals surface area contributed by atoms with E-state index in [-0.39, 0.29) is 18.7 Å². The second-order valence-electron chi connectivity index (χ2n) is 5.24. The molecule has 0 aliphatic heterocycles. The van der Waals surface area contributed by atoms with E-state index in [4.69, 9.17) is 11.6 Å². The topological polar surface area (TPSA) is 58.2 Å². The Labute approximate surface area is 151 Å². The summed E-state index contributed by atoms with van der Waals surface area (Å²) >= 11 is 5.48. The van der Waals surface area contributed by atoms with Gasteiger partial charge in [-0.15, -0.1) is 0 Å². The van der Waals surface area contributed by atoms with E-state index in [0.717, 1.165) is 12.1 Å². The highest BCUT2D eigenvalue weighted by Gasteiger charge is 2.33. The standard InChI is InChI=1S/C17H13ClF4N2O2/c18-13-6-5-11(9-12(13)17(20,21)22)24-16(26)15(25)23-8-7-10-3-1-2-4-14(10)19/h1-6,9H,7-8H2,(H,23,25)(H,24,26). The van der Waals surface area contributed by atoms with Crippen molar-refractivity contribution < 1.29 is 27.2 Å². The van der Waals surface area contributed by atoms with Gasteiger partial charge in [-0.3, -0.25) is 9.59 Å². The van der Waals surface area contributed by atoms with Gasteiger partial charge in [0.05, 0.1) is 10.6 Å². The van der Waals surface area contributed by atoms with E-state index in [2.05, 4.69) is 10.6 Å². The lowest BCUT2D eigenvalue weighted by molar-refractivity contribution is -0.137. The van der Waals surface area contributed by atoms with Gasteiger partial charge in [-0.2, -0.15) is 13.2 Å². The zero-order chi connectivity index (χ0) is 19.3. The van der Waals surface area contributed by atoms with Gasteiger partial charge in [0.25, 0.3) is 0 Å². The Kier molecular flexibility index (Phi) is 6.20. The summed E-state index contributed by atoms with van der Waals surface area (Å²) < 4.78 is 51.8. The summed E-state index contributed by atoms with van der Waals surface area (Å²) in [7, 11) is 0. The Bertz CT molecular complexity index is 825. The number of nitrogens with one attached hydrogen (secondary N) is 2. The molecular formula is C17H13ClF4N2O2.